The highest BCUT2D eigenvalue weighted by Gasteiger charge is 2.30. The van der Waals surface area contributed by atoms with E-state index in [4.69, 9.17) is 5.73 Å². The standard InChI is InChI=1S/C12H18N2O2S/c1-17(15,16)14-9-3-2-4-12(14)10-5-7-11(13)8-6-10/h5-8,12H,2-4,9,13H2,1H3. The molecule has 2 N–H and O–H groups in total. The van der Waals surface area contributed by atoms with Gasteiger partial charge in [0.2, 0.25) is 10.0 Å². The number of hydrogen-bond acceptors (Lipinski definition) is 3. The number of nitrogens with zero attached hydrogens (tertiary/aromatic N) is 1. The zero-order valence-electron chi connectivity index (χ0n) is 9.96. The van der Waals surface area contributed by atoms with Gasteiger partial charge in [0.15, 0.2) is 0 Å². The van der Waals surface area contributed by atoms with Crippen LogP contribution in [0.1, 0.15) is 30.9 Å². The molecule has 1 unspecified atom stereocenters. The van der Waals surface area contributed by atoms with E-state index in [0.29, 0.717) is 12.2 Å². The molecule has 1 aliphatic heterocycles. The van der Waals surface area contributed by atoms with E-state index in [-0.39, 0.29) is 6.04 Å². The van der Waals surface area contributed by atoms with Crippen molar-refractivity contribution in [3.05, 3.63) is 29.8 Å². The van der Waals surface area contributed by atoms with Gasteiger partial charge in [0.1, 0.15) is 0 Å². The Morgan fingerprint density at radius 1 is 1.24 bits per heavy atom. The Kier molecular flexibility index (Phi) is 3.40. The lowest BCUT2D eigenvalue weighted by Gasteiger charge is -2.34. The fourth-order valence-electron chi connectivity index (χ4n) is 2.35. The summed E-state index contributed by atoms with van der Waals surface area (Å²) < 4.78 is 25.1. The van der Waals surface area contributed by atoms with E-state index in [1.54, 1.807) is 4.31 Å². The number of hydrogen-bond donors (Lipinski definition) is 1. The second-order valence-electron chi connectivity index (χ2n) is 4.55. The molecule has 94 valence electrons. The molecule has 1 heterocycles. The molecule has 1 saturated heterocycles. The predicted molar refractivity (Wildman–Crippen MR) is 69.0 cm³/mol. The van der Waals surface area contributed by atoms with Crippen LogP contribution in [0.25, 0.3) is 0 Å². The summed E-state index contributed by atoms with van der Waals surface area (Å²) in [5.74, 6) is 0. The minimum atomic E-state index is -3.13. The maximum Gasteiger partial charge on any atom is 0.211 e. The third-order valence-corrected chi connectivity index (χ3v) is 4.49. The molecule has 0 amide bonds. The summed E-state index contributed by atoms with van der Waals surface area (Å²) in [7, 11) is -3.13. The van der Waals surface area contributed by atoms with Crippen molar-refractivity contribution in [3.8, 4) is 0 Å². The fourth-order valence-corrected chi connectivity index (χ4v) is 3.50. The van der Waals surface area contributed by atoms with Crippen molar-refractivity contribution in [2.45, 2.75) is 25.3 Å². The van der Waals surface area contributed by atoms with E-state index in [0.717, 1.165) is 24.8 Å². The summed E-state index contributed by atoms with van der Waals surface area (Å²) in [6.45, 7) is 0.619. The first-order valence-corrected chi connectivity index (χ1v) is 7.65. The van der Waals surface area contributed by atoms with Crippen LogP contribution in [-0.4, -0.2) is 25.5 Å². The molecule has 0 radical (unpaired) electrons. The topological polar surface area (TPSA) is 63.4 Å². The molecule has 0 spiro atoms. The van der Waals surface area contributed by atoms with Gasteiger partial charge in [-0.2, -0.15) is 4.31 Å². The van der Waals surface area contributed by atoms with Gasteiger partial charge in [-0.15, -0.1) is 0 Å². The van der Waals surface area contributed by atoms with Gasteiger partial charge >= 0.3 is 0 Å². The van der Waals surface area contributed by atoms with Crippen LogP contribution >= 0.6 is 0 Å². The molecule has 1 atom stereocenters. The summed E-state index contributed by atoms with van der Waals surface area (Å²) in [5, 5.41) is 0. The third kappa shape index (κ3) is 2.79. The lowest BCUT2D eigenvalue weighted by atomic mass is 9.97. The van der Waals surface area contributed by atoms with Gasteiger partial charge in [0.25, 0.3) is 0 Å². The quantitative estimate of drug-likeness (QED) is 0.818. The smallest absolute Gasteiger partial charge is 0.211 e. The lowest BCUT2D eigenvalue weighted by Crippen LogP contribution is -2.37. The van der Waals surface area contributed by atoms with Gasteiger partial charge in [-0.1, -0.05) is 18.6 Å². The van der Waals surface area contributed by atoms with E-state index < -0.39 is 10.0 Å². The average molecular weight is 254 g/mol. The fraction of sp³-hybridized carbons (Fsp3) is 0.500. The summed E-state index contributed by atoms with van der Waals surface area (Å²) in [4.78, 5) is 0. The first-order valence-electron chi connectivity index (χ1n) is 5.81. The molecule has 17 heavy (non-hydrogen) atoms. The number of nitrogens with two attached hydrogens (primary N) is 1. The van der Waals surface area contributed by atoms with Crippen molar-refractivity contribution >= 4 is 15.7 Å². The molecule has 0 saturated carbocycles. The maximum absolute atomic E-state index is 11.7. The Hall–Kier alpha value is -1.07. The van der Waals surface area contributed by atoms with E-state index in [1.165, 1.54) is 6.26 Å². The second-order valence-corrected chi connectivity index (χ2v) is 6.49. The molecular formula is C12H18N2O2S. The minimum absolute atomic E-state index is 0.0284. The Labute approximate surface area is 102 Å². The van der Waals surface area contributed by atoms with Crippen LogP contribution in [0.5, 0.6) is 0 Å². The van der Waals surface area contributed by atoms with Crippen LogP contribution in [0, 0.1) is 0 Å². The van der Waals surface area contributed by atoms with Crippen molar-refractivity contribution in [2.24, 2.45) is 0 Å². The molecule has 4 nitrogen and oxygen atoms in total. The zero-order valence-corrected chi connectivity index (χ0v) is 10.8. The monoisotopic (exact) mass is 254 g/mol. The van der Waals surface area contributed by atoms with E-state index in [9.17, 15) is 8.42 Å². The van der Waals surface area contributed by atoms with E-state index >= 15 is 0 Å². The van der Waals surface area contributed by atoms with Crippen molar-refractivity contribution < 1.29 is 8.42 Å². The van der Waals surface area contributed by atoms with Gasteiger partial charge in [0, 0.05) is 18.3 Å². The predicted octanol–water partition coefficient (Wildman–Crippen LogP) is 1.76. The largest absolute Gasteiger partial charge is 0.399 e. The van der Waals surface area contributed by atoms with Gasteiger partial charge in [-0.3, -0.25) is 0 Å². The summed E-state index contributed by atoms with van der Waals surface area (Å²) in [6, 6.07) is 7.46. The molecule has 1 aromatic rings. The number of piperidine rings is 1. The highest BCUT2D eigenvalue weighted by Crippen LogP contribution is 2.32. The number of nitrogen functional groups attached to an aromatic ring is 1. The van der Waals surface area contributed by atoms with Crippen molar-refractivity contribution in [2.75, 3.05) is 18.5 Å². The average Bonchev–Trinajstić information content (AvgIpc) is 2.29. The summed E-state index contributed by atoms with van der Waals surface area (Å²) in [6.07, 6.45) is 4.18. The zero-order chi connectivity index (χ0) is 12.5. The van der Waals surface area contributed by atoms with E-state index in [2.05, 4.69) is 0 Å². The van der Waals surface area contributed by atoms with Crippen LogP contribution < -0.4 is 5.73 Å². The Balaban J connectivity index is 2.31. The lowest BCUT2D eigenvalue weighted by molar-refractivity contribution is 0.257. The third-order valence-electron chi connectivity index (χ3n) is 3.20. The Bertz CT molecular complexity index is 482. The van der Waals surface area contributed by atoms with Gasteiger partial charge in [-0.25, -0.2) is 8.42 Å². The Morgan fingerprint density at radius 3 is 2.47 bits per heavy atom. The summed E-state index contributed by atoms with van der Waals surface area (Å²) >= 11 is 0. The van der Waals surface area contributed by atoms with E-state index in [1.807, 2.05) is 24.3 Å². The first-order chi connectivity index (χ1) is 7.98. The number of anilines is 1. The molecule has 0 aliphatic carbocycles. The van der Waals surface area contributed by atoms with Crippen molar-refractivity contribution in [1.82, 2.24) is 4.31 Å². The van der Waals surface area contributed by atoms with Crippen LogP contribution in [0.15, 0.2) is 24.3 Å². The SMILES string of the molecule is CS(=O)(=O)N1CCCCC1c1ccc(N)cc1. The molecule has 0 bridgehead atoms. The second kappa shape index (κ2) is 4.66. The normalized spacial score (nSPS) is 22.5. The number of rotatable bonds is 2. The molecule has 2 rings (SSSR count). The highest BCUT2D eigenvalue weighted by atomic mass is 32.2. The molecule has 1 fully saturated rings. The summed E-state index contributed by atoms with van der Waals surface area (Å²) in [5.41, 5.74) is 7.38. The van der Waals surface area contributed by atoms with Crippen molar-refractivity contribution in [1.29, 1.82) is 0 Å². The van der Waals surface area contributed by atoms with Gasteiger partial charge < -0.3 is 5.73 Å². The molecule has 0 aromatic heterocycles. The first kappa shape index (κ1) is 12.4. The number of benzene rings is 1. The molecule has 1 aromatic carbocycles. The van der Waals surface area contributed by atoms with Crippen LogP contribution in [-0.2, 0) is 10.0 Å². The highest BCUT2D eigenvalue weighted by molar-refractivity contribution is 7.88. The number of sulfonamides is 1. The molecule has 5 heteroatoms. The van der Waals surface area contributed by atoms with Crippen LogP contribution in [0.2, 0.25) is 0 Å². The minimum Gasteiger partial charge on any atom is -0.399 e. The maximum atomic E-state index is 11.7. The molecule has 1 aliphatic rings. The Morgan fingerprint density at radius 2 is 1.88 bits per heavy atom. The van der Waals surface area contributed by atoms with Crippen molar-refractivity contribution in [3.63, 3.8) is 0 Å². The van der Waals surface area contributed by atoms with Gasteiger partial charge in [-0.05, 0) is 30.5 Å². The molecular weight excluding hydrogens is 236 g/mol. The van der Waals surface area contributed by atoms with Crippen LogP contribution in [0.4, 0.5) is 5.69 Å². The van der Waals surface area contributed by atoms with Crippen LogP contribution in [0.3, 0.4) is 0 Å². The van der Waals surface area contributed by atoms with Gasteiger partial charge in [0.05, 0.1) is 6.26 Å².